The molecule has 2 amide bonds. The normalized spacial score (nSPS) is 24.9. The van der Waals surface area contributed by atoms with Gasteiger partial charge in [-0.1, -0.05) is 0 Å². The molecule has 4 N–H and O–H groups in total. The van der Waals surface area contributed by atoms with Gasteiger partial charge in [0.2, 0.25) is 11.8 Å². The zero-order valence-electron chi connectivity index (χ0n) is 22.8. The van der Waals surface area contributed by atoms with E-state index in [1.807, 2.05) is 24.4 Å². The lowest BCUT2D eigenvalue weighted by Gasteiger charge is -2.36. The van der Waals surface area contributed by atoms with Crippen LogP contribution in [-0.2, 0) is 20.9 Å². The van der Waals surface area contributed by atoms with Crippen LogP contribution in [0.15, 0.2) is 36.8 Å². The lowest BCUT2D eigenvalue weighted by atomic mass is 9.79. The first-order chi connectivity index (χ1) is 19.4. The maximum Gasteiger partial charge on any atom is 0.228 e. The average Bonchev–Trinajstić information content (AvgIpc) is 3.59. The molecule has 0 saturated heterocycles. The van der Waals surface area contributed by atoms with Gasteiger partial charge in [-0.15, -0.1) is 0 Å². The highest BCUT2D eigenvalue weighted by Crippen LogP contribution is 2.30. The standard InChI is InChI=1S/C29H37N7O4/c1-17(13-32-28(38)18-5-6-18)33-22-9-20(10-22)29(39)34-26-12-23-11-19(7-8-36(23)35-26)21-14-30-27(31-15-21)16-40-25-4-2-3-24(25)37/h7-8,11-12,14-15,17-18,20,22,24-25,33,37H,2-6,9-10,13,16H2,1H3,(H,32,38)(H,34,35,39)/t17-,20?,22?,24-,25-/m0/s1. The second-order valence-electron chi connectivity index (χ2n) is 11.5. The van der Waals surface area contributed by atoms with Gasteiger partial charge >= 0.3 is 0 Å². The molecule has 0 unspecified atom stereocenters. The fourth-order valence-corrected chi connectivity index (χ4v) is 5.50. The van der Waals surface area contributed by atoms with Crippen LogP contribution in [0.1, 0.15) is 57.7 Å². The number of fused-ring (bicyclic) bond motifs is 1. The molecule has 212 valence electrons. The van der Waals surface area contributed by atoms with Crippen LogP contribution < -0.4 is 16.0 Å². The molecule has 3 heterocycles. The Kier molecular flexibility index (Phi) is 7.77. The van der Waals surface area contributed by atoms with Gasteiger partial charge < -0.3 is 25.8 Å². The summed E-state index contributed by atoms with van der Waals surface area (Å²) in [5, 5.41) is 23.9. The quantitative estimate of drug-likeness (QED) is 0.287. The molecule has 3 aliphatic rings. The number of pyridine rings is 1. The second kappa shape index (κ2) is 11.6. The monoisotopic (exact) mass is 547 g/mol. The van der Waals surface area contributed by atoms with Crippen molar-refractivity contribution < 1.29 is 19.4 Å². The molecule has 6 rings (SSSR count). The minimum absolute atomic E-state index is 0.0206. The van der Waals surface area contributed by atoms with E-state index in [0.717, 1.165) is 61.6 Å². The van der Waals surface area contributed by atoms with Crippen molar-refractivity contribution in [2.75, 3.05) is 11.9 Å². The summed E-state index contributed by atoms with van der Waals surface area (Å²) in [5.74, 6) is 1.41. The van der Waals surface area contributed by atoms with Gasteiger partial charge in [-0.05, 0) is 69.6 Å². The van der Waals surface area contributed by atoms with E-state index in [4.69, 9.17) is 4.74 Å². The van der Waals surface area contributed by atoms with Crippen molar-refractivity contribution in [2.24, 2.45) is 11.8 Å². The topological polar surface area (TPSA) is 143 Å². The van der Waals surface area contributed by atoms with Gasteiger partial charge in [-0.25, -0.2) is 14.5 Å². The highest BCUT2D eigenvalue weighted by molar-refractivity contribution is 5.93. The molecule has 0 aliphatic heterocycles. The Bertz CT molecular complexity index is 1350. The Morgan fingerprint density at radius 2 is 1.88 bits per heavy atom. The average molecular weight is 548 g/mol. The number of ether oxygens (including phenoxy) is 1. The number of hydrogen-bond acceptors (Lipinski definition) is 8. The number of aromatic nitrogens is 4. The third-order valence-corrected chi connectivity index (χ3v) is 8.16. The third-order valence-electron chi connectivity index (χ3n) is 8.16. The van der Waals surface area contributed by atoms with Crippen molar-refractivity contribution in [1.29, 1.82) is 0 Å². The van der Waals surface area contributed by atoms with Gasteiger partial charge in [0, 0.05) is 60.7 Å². The summed E-state index contributed by atoms with van der Waals surface area (Å²) in [7, 11) is 0. The molecule has 0 aromatic carbocycles. The molecule has 3 aromatic heterocycles. The summed E-state index contributed by atoms with van der Waals surface area (Å²) >= 11 is 0. The van der Waals surface area contributed by atoms with E-state index in [1.54, 1.807) is 16.9 Å². The van der Waals surface area contributed by atoms with E-state index in [1.165, 1.54) is 0 Å². The Balaban J connectivity index is 0.978. The first kappa shape index (κ1) is 26.8. The number of anilines is 1. The molecule has 3 aromatic rings. The van der Waals surface area contributed by atoms with E-state index in [0.29, 0.717) is 18.2 Å². The van der Waals surface area contributed by atoms with Crippen molar-refractivity contribution in [3.05, 3.63) is 42.6 Å². The maximum absolute atomic E-state index is 12.8. The van der Waals surface area contributed by atoms with Gasteiger partial charge in [0.15, 0.2) is 11.6 Å². The fourth-order valence-electron chi connectivity index (χ4n) is 5.50. The first-order valence-corrected chi connectivity index (χ1v) is 14.4. The summed E-state index contributed by atoms with van der Waals surface area (Å²) in [6.45, 7) is 2.95. The van der Waals surface area contributed by atoms with Crippen LogP contribution in [-0.4, -0.2) is 67.3 Å². The zero-order valence-corrected chi connectivity index (χ0v) is 22.8. The number of aliphatic hydroxyl groups excluding tert-OH is 1. The van der Waals surface area contributed by atoms with Crippen LogP contribution in [0.4, 0.5) is 5.82 Å². The van der Waals surface area contributed by atoms with Crippen LogP contribution in [0, 0.1) is 11.8 Å². The van der Waals surface area contributed by atoms with Crippen LogP contribution in [0.2, 0.25) is 0 Å². The number of amides is 2. The van der Waals surface area contributed by atoms with Gasteiger partial charge in [0.1, 0.15) is 6.61 Å². The largest absolute Gasteiger partial charge is 0.390 e. The fraction of sp³-hybridized carbons (Fsp3) is 0.552. The lowest BCUT2D eigenvalue weighted by molar-refractivity contribution is -0.123. The van der Waals surface area contributed by atoms with Gasteiger partial charge in [-0.2, -0.15) is 5.10 Å². The van der Waals surface area contributed by atoms with E-state index >= 15 is 0 Å². The van der Waals surface area contributed by atoms with Crippen molar-refractivity contribution in [1.82, 2.24) is 30.2 Å². The van der Waals surface area contributed by atoms with Crippen LogP contribution in [0.5, 0.6) is 0 Å². The van der Waals surface area contributed by atoms with Crippen LogP contribution in [0.3, 0.4) is 0 Å². The highest BCUT2D eigenvalue weighted by Gasteiger charge is 2.35. The second-order valence-corrected chi connectivity index (χ2v) is 11.5. The smallest absolute Gasteiger partial charge is 0.228 e. The van der Waals surface area contributed by atoms with E-state index < -0.39 is 6.10 Å². The first-order valence-electron chi connectivity index (χ1n) is 14.4. The Labute approximate surface area is 233 Å². The molecule has 0 spiro atoms. The molecule has 0 bridgehead atoms. The number of nitrogens with zero attached hydrogens (tertiary/aromatic N) is 4. The van der Waals surface area contributed by atoms with Gasteiger partial charge in [0.05, 0.1) is 17.7 Å². The molecule has 3 fully saturated rings. The molecule has 11 nitrogen and oxygen atoms in total. The summed E-state index contributed by atoms with van der Waals surface area (Å²) in [6, 6.07) is 6.23. The van der Waals surface area contributed by atoms with E-state index in [-0.39, 0.29) is 48.4 Å². The number of aliphatic hydroxyl groups is 1. The number of carbonyl (C=O) groups is 2. The number of hydrogen-bond donors (Lipinski definition) is 4. The number of nitrogens with one attached hydrogen (secondary N) is 3. The lowest BCUT2D eigenvalue weighted by Crippen LogP contribution is -2.51. The third kappa shape index (κ3) is 6.32. The predicted octanol–water partition coefficient (Wildman–Crippen LogP) is 2.44. The van der Waals surface area contributed by atoms with Gasteiger partial charge in [0.25, 0.3) is 0 Å². The summed E-state index contributed by atoms with van der Waals surface area (Å²) < 4.78 is 7.51. The SMILES string of the molecule is C[C@@H](CNC(=O)C1CC1)NC1CC(C(=O)Nc2cc3cc(-c4cnc(CO[C@H]5CCC[C@@H]5O)nc4)ccn3n2)C1. The summed E-state index contributed by atoms with van der Waals surface area (Å²) in [5.41, 5.74) is 2.67. The molecular formula is C29H37N7O4. The molecule has 0 radical (unpaired) electrons. The molecule has 3 atom stereocenters. The molecule has 40 heavy (non-hydrogen) atoms. The molecule has 3 saturated carbocycles. The van der Waals surface area contributed by atoms with E-state index in [9.17, 15) is 14.7 Å². The van der Waals surface area contributed by atoms with E-state index in [2.05, 4.69) is 37.9 Å². The zero-order chi connectivity index (χ0) is 27.6. The van der Waals surface area contributed by atoms with Crippen molar-refractivity contribution in [3.63, 3.8) is 0 Å². The predicted molar refractivity (Wildman–Crippen MR) is 148 cm³/mol. The Hall–Kier alpha value is -3.41. The molecule has 11 heteroatoms. The molecular weight excluding hydrogens is 510 g/mol. The van der Waals surface area contributed by atoms with Crippen molar-refractivity contribution in [2.45, 2.75) is 82.8 Å². The van der Waals surface area contributed by atoms with Gasteiger partial charge in [-0.3, -0.25) is 9.59 Å². The summed E-state index contributed by atoms with van der Waals surface area (Å²) in [6.07, 6.45) is 11.0. The Morgan fingerprint density at radius 3 is 2.60 bits per heavy atom. The van der Waals surface area contributed by atoms with Crippen molar-refractivity contribution >= 4 is 23.1 Å². The highest BCUT2D eigenvalue weighted by atomic mass is 16.5. The van der Waals surface area contributed by atoms with Crippen LogP contribution >= 0.6 is 0 Å². The van der Waals surface area contributed by atoms with Crippen LogP contribution in [0.25, 0.3) is 16.6 Å². The number of rotatable bonds is 11. The summed E-state index contributed by atoms with van der Waals surface area (Å²) in [4.78, 5) is 33.5. The molecule has 3 aliphatic carbocycles. The Morgan fingerprint density at radius 1 is 1.07 bits per heavy atom. The maximum atomic E-state index is 12.8. The number of carbonyl (C=O) groups excluding carboxylic acids is 2. The minimum Gasteiger partial charge on any atom is -0.390 e. The minimum atomic E-state index is -0.398. The van der Waals surface area contributed by atoms with Crippen molar-refractivity contribution in [3.8, 4) is 11.1 Å².